The van der Waals surface area contributed by atoms with Crippen LogP contribution in [0.25, 0.3) is 0 Å². The summed E-state index contributed by atoms with van der Waals surface area (Å²) in [5, 5.41) is 17.6. The van der Waals surface area contributed by atoms with Crippen LogP contribution in [0.4, 0.5) is 0 Å². The molecule has 0 unspecified atom stereocenters. The molecule has 1 fully saturated rings. The number of carboxylic acids is 1. The number of hydrogen-bond acceptors (Lipinski definition) is 5. The maximum atomic E-state index is 10.5. The second-order valence-corrected chi connectivity index (χ2v) is 5.42. The zero-order valence-corrected chi connectivity index (χ0v) is 12.1. The average molecular weight is 290 g/mol. The number of likely N-dealkylation sites (tertiary alicyclic amines) is 1. The first-order chi connectivity index (χ1) is 9.95. The van der Waals surface area contributed by atoms with E-state index in [0.717, 1.165) is 5.56 Å². The van der Waals surface area contributed by atoms with Crippen LogP contribution in [0, 0.1) is 11.3 Å². The van der Waals surface area contributed by atoms with Gasteiger partial charge in [-0.05, 0) is 24.6 Å². The van der Waals surface area contributed by atoms with Gasteiger partial charge in [0, 0.05) is 19.6 Å². The van der Waals surface area contributed by atoms with Crippen molar-refractivity contribution >= 4 is 5.97 Å². The van der Waals surface area contributed by atoms with Gasteiger partial charge in [-0.25, -0.2) is 4.79 Å². The second-order valence-electron chi connectivity index (χ2n) is 5.42. The number of hydrogen-bond donors (Lipinski definition) is 1. The highest BCUT2D eigenvalue weighted by molar-refractivity contribution is 5.68. The van der Waals surface area contributed by atoms with Gasteiger partial charge in [-0.2, -0.15) is 5.26 Å². The van der Waals surface area contributed by atoms with Gasteiger partial charge in [0.1, 0.15) is 18.4 Å². The molecule has 1 aromatic rings. The Kier molecular flexibility index (Phi) is 4.46. The van der Waals surface area contributed by atoms with Crippen LogP contribution in [-0.4, -0.2) is 48.4 Å². The molecule has 0 saturated carbocycles. The Balaban J connectivity index is 1.90. The fraction of sp³-hybridized carbons (Fsp3) is 0.467. The van der Waals surface area contributed by atoms with Gasteiger partial charge in [0.2, 0.25) is 0 Å². The van der Waals surface area contributed by atoms with E-state index >= 15 is 0 Å². The fourth-order valence-corrected chi connectivity index (χ4v) is 2.52. The molecule has 1 N–H and O–H groups in total. The van der Waals surface area contributed by atoms with E-state index in [2.05, 4.69) is 11.0 Å². The molecule has 0 radical (unpaired) electrons. The Morgan fingerprint density at radius 1 is 1.52 bits per heavy atom. The third-order valence-corrected chi connectivity index (χ3v) is 3.45. The molecule has 1 heterocycles. The maximum Gasteiger partial charge on any atom is 0.329 e. The molecule has 0 amide bonds. The summed E-state index contributed by atoms with van der Waals surface area (Å²) in [7, 11) is 1.54. The lowest BCUT2D eigenvalue weighted by molar-refractivity contribution is -0.165. The van der Waals surface area contributed by atoms with Gasteiger partial charge in [0.15, 0.2) is 0 Å². The number of rotatable bonds is 6. The molecule has 0 spiro atoms. The van der Waals surface area contributed by atoms with Crippen LogP contribution >= 0.6 is 0 Å². The molecule has 1 aliphatic heterocycles. The average Bonchev–Trinajstić information content (AvgIpc) is 2.43. The standard InChI is InChI=1S/C15H18N2O4/c1-15(21-8-14(18)19)9-17(10-15)7-11-3-4-12(6-16)13(5-11)20-2/h3-5H,7-10H2,1-2H3,(H,18,19). The van der Waals surface area contributed by atoms with E-state index in [1.54, 1.807) is 13.2 Å². The number of carboxylic acid groups (broad SMARTS) is 1. The van der Waals surface area contributed by atoms with Crippen LogP contribution in [0.5, 0.6) is 5.75 Å². The second kappa shape index (κ2) is 6.12. The van der Waals surface area contributed by atoms with Crippen molar-refractivity contribution < 1.29 is 19.4 Å². The van der Waals surface area contributed by atoms with E-state index in [-0.39, 0.29) is 6.61 Å². The van der Waals surface area contributed by atoms with E-state index in [0.29, 0.717) is 30.9 Å². The molecule has 1 aromatic carbocycles. The monoisotopic (exact) mass is 290 g/mol. The van der Waals surface area contributed by atoms with Crippen LogP contribution in [0.3, 0.4) is 0 Å². The highest BCUT2D eigenvalue weighted by atomic mass is 16.5. The fourth-order valence-electron chi connectivity index (χ4n) is 2.52. The molecule has 21 heavy (non-hydrogen) atoms. The van der Waals surface area contributed by atoms with E-state index in [1.807, 2.05) is 19.1 Å². The summed E-state index contributed by atoms with van der Waals surface area (Å²) in [6, 6.07) is 7.58. The van der Waals surface area contributed by atoms with Crippen LogP contribution in [0.2, 0.25) is 0 Å². The summed E-state index contributed by atoms with van der Waals surface area (Å²) >= 11 is 0. The SMILES string of the molecule is COc1cc(CN2CC(C)(OCC(=O)O)C2)ccc1C#N. The predicted octanol–water partition coefficient (Wildman–Crippen LogP) is 1.24. The van der Waals surface area contributed by atoms with Crippen molar-refractivity contribution in [3.8, 4) is 11.8 Å². The Bertz CT molecular complexity index is 574. The minimum atomic E-state index is -0.952. The van der Waals surface area contributed by atoms with Crippen LogP contribution in [-0.2, 0) is 16.1 Å². The summed E-state index contributed by atoms with van der Waals surface area (Å²) in [6.45, 7) is 3.72. The number of nitriles is 1. The molecule has 2 rings (SSSR count). The van der Waals surface area contributed by atoms with Crippen LogP contribution in [0.1, 0.15) is 18.1 Å². The number of ether oxygens (including phenoxy) is 2. The third kappa shape index (κ3) is 3.72. The Morgan fingerprint density at radius 2 is 2.24 bits per heavy atom. The third-order valence-electron chi connectivity index (χ3n) is 3.45. The first-order valence-electron chi connectivity index (χ1n) is 6.61. The molecule has 0 aliphatic carbocycles. The lowest BCUT2D eigenvalue weighted by atomic mass is 9.95. The van der Waals surface area contributed by atoms with Crippen molar-refractivity contribution in [1.29, 1.82) is 5.26 Å². The van der Waals surface area contributed by atoms with Crippen LogP contribution in [0.15, 0.2) is 18.2 Å². The zero-order chi connectivity index (χ0) is 15.5. The summed E-state index contributed by atoms with van der Waals surface area (Å²) < 4.78 is 10.6. The lowest BCUT2D eigenvalue weighted by Gasteiger charge is -2.47. The van der Waals surface area contributed by atoms with Gasteiger partial charge in [-0.3, -0.25) is 4.90 Å². The highest BCUT2D eigenvalue weighted by Crippen LogP contribution is 2.27. The van der Waals surface area contributed by atoms with E-state index < -0.39 is 11.6 Å². The van der Waals surface area contributed by atoms with Crippen molar-refractivity contribution in [1.82, 2.24) is 4.90 Å². The van der Waals surface area contributed by atoms with Gasteiger partial charge in [-0.1, -0.05) is 6.07 Å². The molecular weight excluding hydrogens is 272 g/mol. The van der Waals surface area contributed by atoms with Crippen molar-refractivity contribution in [3.63, 3.8) is 0 Å². The van der Waals surface area contributed by atoms with Gasteiger partial charge in [0.25, 0.3) is 0 Å². The summed E-state index contributed by atoms with van der Waals surface area (Å²) in [6.07, 6.45) is 0. The van der Waals surface area contributed by atoms with Gasteiger partial charge in [-0.15, -0.1) is 0 Å². The lowest BCUT2D eigenvalue weighted by Crippen LogP contribution is -2.61. The number of benzene rings is 1. The number of methoxy groups -OCH3 is 1. The number of aliphatic carboxylic acids is 1. The molecule has 6 heteroatoms. The summed E-state index contributed by atoms with van der Waals surface area (Å²) in [5.41, 5.74) is 1.17. The van der Waals surface area contributed by atoms with Gasteiger partial charge >= 0.3 is 5.97 Å². The van der Waals surface area contributed by atoms with Crippen molar-refractivity contribution in [2.45, 2.75) is 19.1 Å². The topological polar surface area (TPSA) is 82.8 Å². The molecule has 6 nitrogen and oxygen atoms in total. The van der Waals surface area contributed by atoms with Crippen molar-refractivity contribution in [2.75, 3.05) is 26.8 Å². The molecule has 1 aliphatic rings. The predicted molar refractivity (Wildman–Crippen MR) is 75.0 cm³/mol. The summed E-state index contributed by atoms with van der Waals surface area (Å²) in [5.74, 6) is -0.382. The first kappa shape index (κ1) is 15.3. The van der Waals surface area contributed by atoms with E-state index in [4.69, 9.17) is 19.8 Å². The molecular formula is C15H18N2O4. The molecule has 112 valence electrons. The molecule has 0 aromatic heterocycles. The Labute approximate surface area is 123 Å². The minimum absolute atomic E-state index is 0.269. The van der Waals surface area contributed by atoms with Crippen molar-refractivity contribution in [3.05, 3.63) is 29.3 Å². The largest absolute Gasteiger partial charge is 0.495 e. The van der Waals surface area contributed by atoms with Crippen molar-refractivity contribution in [2.24, 2.45) is 0 Å². The number of carbonyl (C=O) groups is 1. The zero-order valence-electron chi connectivity index (χ0n) is 12.1. The first-order valence-corrected chi connectivity index (χ1v) is 6.61. The normalized spacial score (nSPS) is 16.8. The summed E-state index contributed by atoms with van der Waals surface area (Å²) in [4.78, 5) is 12.7. The highest BCUT2D eigenvalue weighted by Gasteiger charge is 2.39. The molecule has 0 atom stereocenters. The van der Waals surface area contributed by atoms with E-state index in [9.17, 15) is 4.79 Å². The maximum absolute atomic E-state index is 10.5. The minimum Gasteiger partial charge on any atom is -0.495 e. The van der Waals surface area contributed by atoms with Gasteiger partial charge in [0.05, 0.1) is 18.3 Å². The Hall–Kier alpha value is -2.10. The Morgan fingerprint density at radius 3 is 2.81 bits per heavy atom. The van der Waals surface area contributed by atoms with Gasteiger partial charge < -0.3 is 14.6 Å². The number of nitrogens with zero attached hydrogens (tertiary/aromatic N) is 2. The van der Waals surface area contributed by atoms with E-state index in [1.165, 1.54) is 0 Å². The van der Waals surface area contributed by atoms with Crippen LogP contribution < -0.4 is 4.74 Å². The quantitative estimate of drug-likeness (QED) is 0.848. The smallest absolute Gasteiger partial charge is 0.329 e. The molecule has 0 bridgehead atoms. The molecule has 1 saturated heterocycles.